The van der Waals surface area contributed by atoms with Crippen LogP contribution < -0.4 is 16.6 Å². The molecule has 0 saturated heterocycles. The van der Waals surface area contributed by atoms with Gasteiger partial charge in [0.05, 0.1) is 32.2 Å². The Kier molecular flexibility index (Phi) is 6.16. The van der Waals surface area contributed by atoms with Gasteiger partial charge in [-0.1, -0.05) is 0 Å². The van der Waals surface area contributed by atoms with Crippen molar-refractivity contribution in [3.8, 4) is 0 Å². The summed E-state index contributed by atoms with van der Waals surface area (Å²) in [6, 6.07) is 0. The van der Waals surface area contributed by atoms with Crippen molar-refractivity contribution >= 4 is 11.6 Å². The minimum Gasteiger partial charge on any atom is -0.382 e. The molecule has 0 saturated carbocycles. The van der Waals surface area contributed by atoms with E-state index in [-0.39, 0.29) is 0 Å². The van der Waals surface area contributed by atoms with Crippen LogP contribution in [0.25, 0.3) is 0 Å². The largest absolute Gasteiger partial charge is 0.382 e. The van der Waals surface area contributed by atoms with Crippen LogP contribution in [0, 0.1) is 0 Å². The van der Waals surface area contributed by atoms with Gasteiger partial charge >= 0.3 is 0 Å². The molecule has 90 valence electrons. The number of nitrogen functional groups attached to an aromatic ring is 1. The molecule has 0 aliphatic carbocycles. The summed E-state index contributed by atoms with van der Waals surface area (Å²) in [7, 11) is 1.64. The Morgan fingerprint density at radius 2 is 2.06 bits per heavy atom. The van der Waals surface area contributed by atoms with Crippen LogP contribution >= 0.6 is 0 Å². The number of aromatic nitrogens is 2. The summed E-state index contributed by atoms with van der Waals surface area (Å²) in [6.45, 7) is 2.44. The van der Waals surface area contributed by atoms with Gasteiger partial charge in [-0.3, -0.25) is 4.98 Å². The van der Waals surface area contributed by atoms with Gasteiger partial charge in [-0.25, -0.2) is 10.8 Å². The minimum absolute atomic E-state index is 0.519. The predicted molar refractivity (Wildman–Crippen MR) is 61.0 cm³/mol. The molecule has 16 heavy (non-hydrogen) atoms. The van der Waals surface area contributed by atoms with E-state index in [1.807, 2.05) is 0 Å². The highest BCUT2D eigenvalue weighted by atomic mass is 16.5. The molecule has 7 heteroatoms. The maximum absolute atomic E-state index is 5.28. The number of ether oxygens (including phenoxy) is 2. The van der Waals surface area contributed by atoms with E-state index >= 15 is 0 Å². The predicted octanol–water partition coefficient (Wildman–Crippen LogP) is -0.163. The van der Waals surface area contributed by atoms with Crippen molar-refractivity contribution in [2.45, 2.75) is 0 Å². The molecule has 0 aliphatic heterocycles. The van der Waals surface area contributed by atoms with Gasteiger partial charge in [-0.15, -0.1) is 0 Å². The maximum Gasteiger partial charge on any atom is 0.160 e. The van der Waals surface area contributed by atoms with Crippen molar-refractivity contribution in [2.75, 3.05) is 44.2 Å². The molecule has 1 aromatic rings. The Bertz CT molecular complexity index is 297. The Morgan fingerprint density at radius 1 is 1.25 bits per heavy atom. The zero-order chi connectivity index (χ0) is 11.6. The van der Waals surface area contributed by atoms with Crippen LogP contribution in [-0.2, 0) is 9.47 Å². The van der Waals surface area contributed by atoms with Crippen molar-refractivity contribution < 1.29 is 9.47 Å². The fourth-order valence-electron chi connectivity index (χ4n) is 1.02. The van der Waals surface area contributed by atoms with Gasteiger partial charge in [0.1, 0.15) is 5.82 Å². The summed E-state index contributed by atoms with van der Waals surface area (Å²) >= 11 is 0. The van der Waals surface area contributed by atoms with Gasteiger partial charge in [-0.2, -0.15) is 0 Å². The van der Waals surface area contributed by atoms with Crippen LogP contribution in [0.2, 0.25) is 0 Å². The smallest absolute Gasteiger partial charge is 0.160 e. The number of hydrogen-bond donors (Lipinski definition) is 3. The first-order valence-electron chi connectivity index (χ1n) is 4.96. The summed E-state index contributed by atoms with van der Waals surface area (Å²) in [5, 5.41) is 3.06. The number of hydrazine groups is 1. The molecule has 1 rings (SSSR count). The SMILES string of the molecule is COCCOCCNc1cncc(NN)n1. The van der Waals surface area contributed by atoms with Gasteiger partial charge in [-0.05, 0) is 0 Å². The maximum atomic E-state index is 5.28. The highest BCUT2D eigenvalue weighted by Gasteiger charge is 1.96. The molecule has 0 amide bonds. The molecule has 0 spiro atoms. The van der Waals surface area contributed by atoms with Crippen molar-refractivity contribution in [1.29, 1.82) is 0 Å². The van der Waals surface area contributed by atoms with E-state index in [1.54, 1.807) is 19.5 Å². The number of anilines is 2. The van der Waals surface area contributed by atoms with Gasteiger partial charge in [0.15, 0.2) is 5.82 Å². The monoisotopic (exact) mass is 227 g/mol. The molecule has 0 aromatic carbocycles. The second-order valence-electron chi connectivity index (χ2n) is 2.97. The molecule has 1 aromatic heterocycles. The number of hydrogen-bond acceptors (Lipinski definition) is 7. The second kappa shape index (κ2) is 7.80. The number of nitrogens with two attached hydrogens (primary N) is 1. The molecule has 0 radical (unpaired) electrons. The highest BCUT2D eigenvalue weighted by molar-refractivity contribution is 5.40. The lowest BCUT2D eigenvalue weighted by Crippen LogP contribution is -2.14. The third-order valence-corrected chi connectivity index (χ3v) is 1.77. The normalized spacial score (nSPS) is 10.1. The van der Waals surface area contributed by atoms with E-state index in [0.717, 1.165) is 0 Å². The molecule has 0 atom stereocenters. The molecule has 7 nitrogen and oxygen atoms in total. The Hall–Kier alpha value is -1.44. The van der Waals surface area contributed by atoms with E-state index in [9.17, 15) is 0 Å². The zero-order valence-corrected chi connectivity index (χ0v) is 9.27. The van der Waals surface area contributed by atoms with E-state index < -0.39 is 0 Å². The summed E-state index contributed by atoms with van der Waals surface area (Å²) in [5.74, 6) is 6.39. The fraction of sp³-hybridized carbons (Fsp3) is 0.556. The summed E-state index contributed by atoms with van der Waals surface area (Å²) in [5.41, 5.74) is 2.42. The Labute approximate surface area is 94.3 Å². The number of rotatable bonds is 8. The lowest BCUT2D eigenvalue weighted by Gasteiger charge is -2.07. The first-order valence-corrected chi connectivity index (χ1v) is 4.96. The first kappa shape index (κ1) is 12.6. The van der Waals surface area contributed by atoms with Crippen molar-refractivity contribution in [1.82, 2.24) is 9.97 Å². The van der Waals surface area contributed by atoms with Crippen LogP contribution in [0.3, 0.4) is 0 Å². The third kappa shape index (κ3) is 4.87. The van der Waals surface area contributed by atoms with Crippen molar-refractivity contribution in [2.24, 2.45) is 5.84 Å². The van der Waals surface area contributed by atoms with E-state index in [0.29, 0.717) is 38.0 Å². The van der Waals surface area contributed by atoms with Crippen LogP contribution in [0.4, 0.5) is 11.6 Å². The van der Waals surface area contributed by atoms with Crippen LogP contribution in [0.5, 0.6) is 0 Å². The molecule has 0 fully saturated rings. The summed E-state index contributed by atoms with van der Waals surface area (Å²) in [6.07, 6.45) is 3.16. The lowest BCUT2D eigenvalue weighted by atomic mass is 10.6. The fourth-order valence-corrected chi connectivity index (χ4v) is 1.02. The molecule has 0 bridgehead atoms. The van der Waals surface area contributed by atoms with Gasteiger partial charge < -0.3 is 20.2 Å². The standard InChI is InChI=1S/C9H17N5O2/c1-15-4-5-16-3-2-12-8-6-11-7-9(13-8)14-10/h6-7H,2-5,10H2,1H3,(H2,12,13,14). The Morgan fingerprint density at radius 3 is 2.81 bits per heavy atom. The van der Waals surface area contributed by atoms with Gasteiger partial charge in [0, 0.05) is 13.7 Å². The lowest BCUT2D eigenvalue weighted by molar-refractivity contribution is 0.0759. The van der Waals surface area contributed by atoms with E-state index in [2.05, 4.69) is 20.7 Å². The highest BCUT2D eigenvalue weighted by Crippen LogP contribution is 2.03. The molecule has 0 aliphatic rings. The number of nitrogens with one attached hydrogen (secondary N) is 2. The summed E-state index contributed by atoms with van der Waals surface area (Å²) in [4.78, 5) is 8.09. The average Bonchev–Trinajstić information content (AvgIpc) is 2.34. The summed E-state index contributed by atoms with van der Waals surface area (Å²) < 4.78 is 10.1. The van der Waals surface area contributed by atoms with Crippen LogP contribution in [0.1, 0.15) is 0 Å². The van der Waals surface area contributed by atoms with Crippen molar-refractivity contribution in [3.05, 3.63) is 12.4 Å². The molecular formula is C9H17N5O2. The molecule has 0 unspecified atom stereocenters. The van der Waals surface area contributed by atoms with Crippen LogP contribution in [-0.4, -0.2) is 43.4 Å². The van der Waals surface area contributed by atoms with Crippen molar-refractivity contribution in [3.63, 3.8) is 0 Å². The molecular weight excluding hydrogens is 210 g/mol. The van der Waals surface area contributed by atoms with Gasteiger partial charge in [0.25, 0.3) is 0 Å². The van der Waals surface area contributed by atoms with Crippen LogP contribution in [0.15, 0.2) is 12.4 Å². The third-order valence-electron chi connectivity index (χ3n) is 1.77. The number of methoxy groups -OCH3 is 1. The topological polar surface area (TPSA) is 94.3 Å². The second-order valence-corrected chi connectivity index (χ2v) is 2.97. The quantitative estimate of drug-likeness (QED) is 0.322. The molecule has 4 N–H and O–H groups in total. The zero-order valence-electron chi connectivity index (χ0n) is 9.27. The number of nitrogens with zero attached hydrogens (tertiary/aromatic N) is 2. The van der Waals surface area contributed by atoms with Gasteiger partial charge in [0.2, 0.25) is 0 Å². The minimum atomic E-state index is 0.519. The molecule has 1 heterocycles. The average molecular weight is 227 g/mol. The van der Waals surface area contributed by atoms with E-state index in [4.69, 9.17) is 15.3 Å². The Balaban J connectivity index is 2.16. The first-order chi connectivity index (χ1) is 7.86. The van der Waals surface area contributed by atoms with E-state index in [1.165, 1.54) is 0 Å².